The van der Waals surface area contributed by atoms with E-state index in [0.717, 1.165) is 17.0 Å². The standard InChI is InChI=1S/C15H19N3O2S/c1-16(2)11-7-6-10(13(9-11)20-5)8-12-14(19)18(4)15(21)17(12)3/h6-9H,1-5H3/b12-8-. The van der Waals surface area contributed by atoms with Crippen LogP contribution in [0.25, 0.3) is 6.08 Å². The first kappa shape index (κ1) is 15.3. The molecule has 1 aliphatic heterocycles. The maximum atomic E-state index is 12.2. The summed E-state index contributed by atoms with van der Waals surface area (Å²) in [4.78, 5) is 17.3. The van der Waals surface area contributed by atoms with Crippen molar-refractivity contribution in [2.45, 2.75) is 0 Å². The first-order chi connectivity index (χ1) is 9.86. The number of hydrogen-bond acceptors (Lipinski definition) is 4. The van der Waals surface area contributed by atoms with Gasteiger partial charge in [-0.1, -0.05) is 0 Å². The van der Waals surface area contributed by atoms with Crippen LogP contribution in [0.4, 0.5) is 5.69 Å². The van der Waals surface area contributed by atoms with E-state index in [1.807, 2.05) is 37.2 Å². The SMILES string of the molecule is COc1cc(N(C)C)ccc1/C=C1/C(=O)N(C)C(=S)N1C. The van der Waals surface area contributed by atoms with E-state index in [2.05, 4.69) is 0 Å². The van der Waals surface area contributed by atoms with E-state index in [4.69, 9.17) is 17.0 Å². The van der Waals surface area contributed by atoms with Gasteiger partial charge < -0.3 is 14.5 Å². The van der Waals surface area contributed by atoms with Crippen molar-refractivity contribution < 1.29 is 9.53 Å². The highest BCUT2D eigenvalue weighted by molar-refractivity contribution is 7.80. The summed E-state index contributed by atoms with van der Waals surface area (Å²) in [6, 6.07) is 5.86. The minimum atomic E-state index is -0.110. The zero-order valence-electron chi connectivity index (χ0n) is 12.9. The first-order valence-corrected chi connectivity index (χ1v) is 6.90. The van der Waals surface area contributed by atoms with Gasteiger partial charge in [-0.15, -0.1) is 0 Å². The van der Waals surface area contributed by atoms with Crippen LogP contribution in [0.2, 0.25) is 0 Å². The van der Waals surface area contributed by atoms with Gasteiger partial charge in [-0.25, -0.2) is 0 Å². The fraction of sp³-hybridized carbons (Fsp3) is 0.333. The number of amides is 1. The molecule has 0 aromatic heterocycles. The van der Waals surface area contributed by atoms with Crippen LogP contribution in [0.5, 0.6) is 5.75 Å². The van der Waals surface area contributed by atoms with Crippen LogP contribution in [0, 0.1) is 0 Å². The van der Waals surface area contributed by atoms with Crippen LogP contribution in [-0.2, 0) is 4.79 Å². The quantitative estimate of drug-likeness (QED) is 0.628. The molecule has 1 amide bonds. The minimum Gasteiger partial charge on any atom is -0.496 e. The van der Waals surface area contributed by atoms with Gasteiger partial charge in [0, 0.05) is 45.5 Å². The topological polar surface area (TPSA) is 36.0 Å². The fourth-order valence-electron chi connectivity index (χ4n) is 2.13. The first-order valence-electron chi connectivity index (χ1n) is 6.49. The Morgan fingerprint density at radius 1 is 1.24 bits per heavy atom. The fourth-order valence-corrected chi connectivity index (χ4v) is 2.31. The second-order valence-corrected chi connectivity index (χ2v) is 5.42. The van der Waals surface area contributed by atoms with Crippen molar-refractivity contribution in [2.75, 3.05) is 40.2 Å². The molecule has 6 heteroatoms. The molecule has 0 bridgehead atoms. The Balaban J connectivity index is 2.46. The summed E-state index contributed by atoms with van der Waals surface area (Å²) < 4.78 is 5.42. The van der Waals surface area contributed by atoms with Gasteiger partial charge in [0.1, 0.15) is 11.4 Å². The van der Waals surface area contributed by atoms with Crippen molar-refractivity contribution in [3.63, 3.8) is 0 Å². The summed E-state index contributed by atoms with van der Waals surface area (Å²) in [5.74, 6) is 0.608. The molecule has 1 aromatic carbocycles. The van der Waals surface area contributed by atoms with Crippen molar-refractivity contribution >= 4 is 35.0 Å². The molecule has 0 unspecified atom stereocenters. The monoisotopic (exact) mass is 305 g/mol. The smallest absolute Gasteiger partial charge is 0.276 e. The van der Waals surface area contributed by atoms with E-state index in [1.165, 1.54) is 4.90 Å². The lowest BCUT2D eigenvalue weighted by atomic mass is 10.1. The van der Waals surface area contributed by atoms with E-state index >= 15 is 0 Å². The molecule has 2 rings (SSSR count). The number of carbonyl (C=O) groups excluding carboxylic acids is 1. The molecular weight excluding hydrogens is 286 g/mol. The van der Waals surface area contributed by atoms with Crippen molar-refractivity contribution in [1.82, 2.24) is 9.80 Å². The van der Waals surface area contributed by atoms with Crippen LogP contribution in [0.3, 0.4) is 0 Å². The molecule has 0 atom stereocenters. The van der Waals surface area contributed by atoms with Gasteiger partial charge in [-0.2, -0.15) is 0 Å². The highest BCUT2D eigenvalue weighted by atomic mass is 32.1. The normalized spacial score (nSPS) is 16.9. The van der Waals surface area contributed by atoms with Gasteiger partial charge in [-0.05, 0) is 30.4 Å². The van der Waals surface area contributed by atoms with Crippen LogP contribution in [0.15, 0.2) is 23.9 Å². The maximum Gasteiger partial charge on any atom is 0.276 e. The number of ether oxygens (including phenoxy) is 1. The van der Waals surface area contributed by atoms with Gasteiger partial charge in [0.15, 0.2) is 5.11 Å². The summed E-state index contributed by atoms with van der Waals surface area (Å²) in [5, 5.41) is 0.495. The molecule has 1 heterocycles. The lowest BCUT2D eigenvalue weighted by Gasteiger charge is -2.15. The Bertz CT molecular complexity index is 625. The molecule has 1 aromatic rings. The minimum absolute atomic E-state index is 0.110. The van der Waals surface area contributed by atoms with Crippen molar-refractivity contribution in [1.29, 1.82) is 0 Å². The highest BCUT2D eigenvalue weighted by Gasteiger charge is 2.32. The summed E-state index contributed by atoms with van der Waals surface area (Å²) >= 11 is 5.20. The van der Waals surface area contributed by atoms with Crippen molar-refractivity contribution in [2.24, 2.45) is 0 Å². The van der Waals surface area contributed by atoms with Crippen LogP contribution >= 0.6 is 12.2 Å². The molecule has 112 valence electrons. The Hall–Kier alpha value is -2.08. The zero-order valence-corrected chi connectivity index (χ0v) is 13.7. The second kappa shape index (κ2) is 5.73. The number of likely N-dealkylation sites (N-methyl/N-ethyl adjacent to an activating group) is 2. The van der Waals surface area contributed by atoms with E-state index in [-0.39, 0.29) is 5.91 Å². The van der Waals surface area contributed by atoms with Crippen LogP contribution < -0.4 is 9.64 Å². The van der Waals surface area contributed by atoms with E-state index in [0.29, 0.717) is 10.8 Å². The number of carbonyl (C=O) groups is 1. The maximum absolute atomic E-state index is 12.2. The van der Waals surface area contributed by atoms with Gasteiger partial charge in [0.05, 0.1) is 7.11 Å². The second-order valence-electron chi connectivity index (χ2n) is 5.06. The van der Waals surface area contributed by atoms with E-state index in [1.54, 1.807) is 32.2 Å². The largest absolute Gasteiger partial charge is 0.496 e. The average Bonchev–Trinajstić information content (AvgIpc) is 2.65. The summed E-state index contributed by atoms with van der Waals surface area (Å²) in [6.07, 6.45) is 1.80. The lowest BCUT2D eigenvalue weighted by molar-refractivity contribution is -0.121. The lowest BCUT2D eigenvalue weighted by Crippen LogP contribution is -2.26. The number of thiocarbonyl (C=S) groups is 1. The Morgan fingerprint density at radius 3 is 2.38 bits per heavy atom. The van der Waals surface area contributed by atoms with Gasteiger partial charge in [0.25, 0.3) is 5.91 Å². The van der Waals surface area contributed by atoms with Crippen LogP contribution in [-0.4, -0.2) is 56.1 Å². The average molecular weight is 305 g/mol. The summed E-state index contributed by atoms with van der Waals surface area (Å²) in [7, 11) is 9.02. The molecule has 0 aliphatic carbocycles. The summed E-state index contributed by atoms with van der Waals surface area (Å²) in [5.41, 5.74) is 2.42. The van der Waals surface area contributed by atoms with Gasteiger partial charge >= 0.3 is 0 Å². The number of nitrogens with zero attached hydrogens (tertiary/aromatic N) is 3. The Labute approximate surface area is 130 Å². The van der Waals surface area contributed by atoms with Crippen molar-refractivity contribution in [3.8, 4) is 5.75 Å². The molecule has 21 heavy (non-hydrogen) atoms. The Kier molecular flexibility index (Phi) is 4.18. The molecule has 0 radical (unpaired) electrons. The molecule has 1 saturated heterocycles. The number of hydrogen-bond donors (Lipinski definition) is 0. The van der Waals surface area contributed by atoms with Crippen LogP contribution in [0.1, 0.15) is 5.56 Å². The molecule has 0 N–H and O–H groups in total. The molecule has 5 nitrogen and oxygen atoms in total. The molecule has 0 spiro atoms. The number of rotatable bonds is 3. The van der Waals surface area contributed by atoms with Crippen molar-refractivity contribution in [3.05, 3.63) is 29.5 Å². The predicted octanol–water partition coefficient (Wildman–Crippen LogP) is 1.79. The third-order valence-electron chi connectivity index (χ3n) is 3.48. The van der Waals surface area contributed by atoms with E-state index in [9.17, 15) is 4.79 Å². The van der Waals surface area contributed by atoms with Gasteiger partial charge in [0.2, 0.25) is 0 Å². The zero-order chi connectivity index (χ0) is 15.7. The molecular formula is C15H19N3O2S. The number of anilines is 1. The highest BCUT2D eigenvalue weighted by Crippen LogP contribution is 2.29. The summed E-state index contributed by atoms with van der Waals surface area (Å²) in [6.45, 7) is 0. The predicted molar refractivity (Wildman–Crippen MR) is 88.4 cm³/mol. The number of benzene rings is 1. The van der Waals surface area contributed by atoms with E-state index < -0.39 is 0 Å². The number of methoxy groups -OCH3 is 1. The molecule has 1 fully saturated rings. The van der Waals surface area contributed by atoms with Gasteiger partial charge in [-0.3, -0.25) is 9.69 Å². The Morgan fingerprint density at radius 2 is 1.90 bits per heavy atom. The molecule has 0 saturated carbocycles. The molecule has 1 aliphatic rings. The third-order valence-corrected chi connectivity index (χ3v) is 4.03. The third kappa shape index (κ3) is 2.71.